The van der Waals surface area contributed by atoms with E-state index in [0.717, 1.165) is 17.3 Å². The summed E-state index contributed by atoms with van der Waals surface area (Å²) in [5, 5.41) is 2.91. The zero-order valence-corrected chi connectivity index (χ0v) is 13.4. The van der Waals surface area contributed by atoms with Gasteiger partial charge in [0.25, 0.3) is 0 Å². The molecule has 0 heterocycles. The molecule has 0 bridgehead atoms. The van der Waals surface area contributed by atoms with Crippen LogP contribution >= 0.6 is 15.9 Å². The van der Waals surface area contributed by atoms with E-state index in [1.54, 1.807) is 6.92 Å². The van der Waals surface area contributed by atoms with Crippen molar-refractivity contribution >= 4 is 27.7 Å². The molecule has 2 atom stereocenters. The van der Waals surface area contributed by atoms with Crippen LogP contribution < -0.4 is 11.1 Å². The zero-order chi connectivity index (χ0) is 15.1. The van der Waals surface area contributed by atoms with Crippen molar-refractivity contribution < 1.29 is 9.59 Å². The maximum Gasteiger partial charge on any atom is 0.223 e. The van der Waals surface area contributed by atoms with Crippen LogP contribution in [0.25, 0.3) is 0 Å². The van der Waals surface area contributed by atoms with E-state index in [2.05, 4.69) is 33.4 Å². The molecule has 0 spiro atoms. The van der Waals surface area contributed by atoms with Gasteiger partial charge in [-0.3, -0.25) is 9.59 Å². The first-order chi connectivity index (χ1) is 9.38. The van der Waals surface area contributed by atoms with Gasteiger partial charge in [0.05, 0.1) is 0 Å². The van der Waals surface area contributed by atoms with E-state index < -0.39 is 5.91 Å². The number of carbonyl (C=O) groups is 2. The van der Waals surface area contributed by atoms with Crippen molar-refractivity contribution in [3.63, 3.8) is 0 Å². The van der Waals surface area contributed by atoms with Gasteiger partial charge < -0.3 is 11.1 Å². The maximum absolute atomic E-state index is 11.8. The summed E-state index contributed by atoms with van der Waals surface area (Å²) in [5.41, 5.74) is 6.32. The molecule has 0 aliphatic heterocycles. The number of hydrogen-bond acceptors (Lipinski definition) is 2. The van der Waals surface area contributed by atoms with Crippen LogP contribution in [-0.2, 0) is 16.0 Å². The molecular weight excluding hydrogens is 320 g/mol. The summed E-state index contributed by atoms with van der Waals surface area (Å²) in [7, 11) is 0. The van der Waals surface area contributed by atoms with E-state index in [1.165, 1.54) is 5.56 Å². The highest BCUT2D eigenvalue weighted by Crippen LogP contribution is 2.12. The Balaban J connectivity index is 2.36. The van der Waals surface area contributed by atoms with Crippen LogP contribution in [0.1, 0.15) is 32.3 Å². The number of hydrogen-bond donors (Lipinski definition) is 2. The fourth-order valence-electron chi connectivity index (χ4n) is 1.89. The minimum atomic E-state index is -0.449. The van der Waals surface area contributed by atoms with Crippen LogP contribution in [0.2, 0.25) is 0 Å². The Morgan fingerprint density at radius 2 is 1.85 bits per heavy atom. The fraction of sp³-hybridized carbons (Fsp3) is 0.467. The maximum atomic E-state index is 11.8. The fourth-order valence-corrected chi connectivity index (χ4v) is 2.15. The Morgan fingerprint density at radius 1 is 1.25 bits per heavy atom. The standard InChI is InChI=1S/C15H21BrN2O2/c1-10(9-14(17)19)15(20)18-11(2)3-4-12-5-7-13(16)8-6-12/h5-8,10-11H,3-4,9H2,1-2H3,(H2,17,19)(H,18,20)/t10-,11-/m0/s1. The summed E-state index contributed by atoms with van der Waals surface area (Å²) < 4.78 is 1.06. The van der Waals surface area contributed by atoms with Crippen LogP contribution in [0.3, 0.4) is 0 Å². The van der Waals surface area contributed by atoms with Crippen molar-refractivity contribution in [2.45, 2.75) is 39.2 Å². The van der Waals surface area contributed by atoms with Crippen LogP contribution in [0.15, 0.2) is 28.7 Å². The Labute approximate surface area is 128 Å². The molecule has 4 nitrogen and oxygen atoms in total. The molecule has 0 saturated carbocycles. The van der Waals surface area contributed by atoms with Gasteiger partial charge in [-0.15, -0.1) is 0 Å². The second-order valence-corrected chi connectivity index (χ2v) is 6.06. The van der Waals surface area contributed by atoms with Crippen molar-refractivity contribution in [3.8, 4) is 0 Å². The summed E-state index contributed by atoms with van der Waals surface area (Å²) in [5.74, 6) is -0.940. The molecule has 0 aliphatic carbocycles. The van der Waals surface area contributed by atoms with Crippen LogP contribution in [0, 0.1) is 5.92 Å². The lowest BCUT2D eigenvalue weighted by molar-refractivity contribution is -0.129. The highest BCUT2D eigenvalue weighted by Gasteiger charge is 2.17. The molecule has 1 aromatic carbocycles. The lowest BCUT2D eigenvalue weighted by atomic mass is 10.0. The molecule has 20 heavy (non-hydrogen) atoms. The molecule has 1 aromatic rings. The number of primary amides is 1. The van der Waals surface area contributed by atoms with Gasteiger partial charge in [0.15, 0.2) is 0 Å². The SMILES string of the molecule is C[C@@H](CCc1ccc(Br)cc1)NC(=O)[C@@H](C)CC(N)=O. The number of halogens is 1. The van der Waals surface area contributed by atoms with Gasteiger partial charge >= 0.3 is 0 Å². The third-order valence-corrected chi connectivity index (χ3v) is 3.65. The lowest BCUT2D eigenvalue weighted by Gasteiger charge is -2.17. The third kappa shape index (κ3) is 6.19. The van der Waals surface area contributed by atoms with Gasteiger partial charge in [0.1, 0.15) is 0 Å². The van der Waals surface area contributed by atoms with Gasteiger partial charge in [0, 0.05) is 22.9 Å². The Kier molecular flexibility index (Phi) is 6.71. The monoisotopic (exact) mass is 340 g/mol. The molecule has 110 valence electrons. The number of nitrogens with two attached hydrogens (primary N) is 1. The van der Waals surface area contributed by atoms with Gasteiger partial charge in [-0.05, 0) is 37.5 Å². The average Bonchev–Trinajstić information content (AvgIpc) is 2.37. The summed E-state index contributed by atoms with van der Waals surface area (Å²) in [6, 6.07) is 8.21. The van der Waals surface area contributed by atoms with Crippen LogP contribution in [-0.4, -0.2) is 17.9 Å². The Morgan fingerprint density at radius 3 is 2.40 bits per heavy atom. The second-order valence-electron chi connectivity index (χ2n) is 5.15. The minimum Gasteiger partial charge on any atom is -0.370 e. The molecule has 0 radical (unpaired) electrons. The van der Waals surface area contributed by atoms with Gasteiger partial charge in [-0.25, -0.2) is 0 Å². The molecule has 3 N–H and O–H groups in total. The third-order valence-electron chi connectivity index (χ3n) is 3.12. The number of benzene rings is 1. The molecule has 0 aromatic heterocycles. The molecule has 0 aliphatic rings. The minimum absolute atomic E-state index is 0.0708. The molecular formula is C15H21BrN2O2. The van der Waals surface area contributed by atoms with E-state index in [0.29, 0.717) is 0 Å². The van der Waals surface area contributed by atoms with E-state index in [4.69, 9.17) is 5.73 Å². The molecule has 0 saturated heterocycles. The summed E-state index contributed by atoms with van der Waals surface area (Å²) in [4.78, 5) is 22.6. The number of rotatable bonds is 7. The van der Waals surface area contributed by atoms with Crippen molar-refractivity contribution in [2.75, 3.05) is 0 Å². The number of carbonyl (C=O) groups excluding carboxylic acids is 2. The van der Waals surface area contributed by atoms with Crippen LogP contribution in [0.5, 0.6) is 0 Å². The summed E-state index contributed by atoms with van der Waals surface area (Å²) in [6.45, 7) is 3.68. The largest absolute Gasteiger partial charge is 0.370 e. The van der Waals surface area contributed by atoms with Crippen molar-refractivity contribution in [3.05, 3.63) is 34.3 Å². The first-order valence-corrected chi connectivity index (χ1v) is 7.51. The van der Waals surface area contributed by atoms with Gasteiger partial charge in [-0.2, -0.15) is 0 Å². The summed E-state index contributed by atoms with van der Waals surface area (Å²) in [6.07, 6.45) is 1.85. The predicted molar refractivity (Wildman–Crippen MR) is 83.0 cm³/mol. The lowest BCUT2D eigenvalue weighted by Crippen LogP contribution is -2.37. The first-order valence-electron chi connectivity index (χ1n) is 6.71. The molecule has 0 fully saturated rings. The molecule has 0 unspecified atom stereocenters. The highest BCUT2D eigenvalue weighted by atomic mass is 79.9. The number of nitrogens with one attached hydrogen (secondary N) is 1. The van der Waals surface area contributed by atoms with E-state index >= 15 is 0 Å². The van der Waals surface area contributed by atoms with Crippen molar-refractivity contribution in [2.24, 2.45) is 11.7 Å². The van der Waals surface area contributed by atoms with E-state index in [-0.39, 0.29) is 24.3 Å². The molecule has 2 amide bonds. The predicted octanol–water partition coefficient (Wildman–Crippen LogP) is 2.40. The number of amides is 2. The normalized spacial score (nSPS) is 13.6. The average molecular weight is 341 g/mol. The van der Waals surface area contributed by atoms with Gasteiger partial charge in [-0.1, -0.05) is 35.0 Å². The van der Waals surface area contributed by atoms with Gasteiger partial charge in [0.2, 0.25) is 11.8 Å². The topological polar surface area (TPSA) is 72.2 Å². The molecule has 5 heteroatoms. The molecule has 1 rings (SSSR count). The Hall–Kier alpha value is -1.36. The number of aryl methyl sites for hydroxylation is 1. The van der Waals surface area contributed by atoms with E-state index in [1.807, 2.05) is 19.1 Å². The van der Waals surface area contributed by atoms with E-state index in [9.17, 15) is 9.59 Å². The van der Waals surface area contributed by atoms with Crippen molar-refractivity contribution in [1.82, 2.24) is 5.32 Å². The first kappa shape index (κ1) is 16.7. The Bertz CT molecular complexity index is 459. The smallest absolute Gasteiger partial charge is 0.223 e. The van der Waals surface area contributed by atoms with Crippen LogP contribution in [0.4, 0.5) is 0 Å². The second kappa shape index (κ2) is 8.04. The zero-order valence-electron chi connectivity index (χ0n) is 11.9. The summed E-state index contributed by atoms with van der Waals surface area (Å²) >= 11 is 3.40. The van der Waals surface area contributed by atoms with Crippen molar-refractivity contribution in [1.29, 1.82) is 0 Å². The highest BCUT2D eigenvalue weighted by molar-refractivity contribution is 9.10. The quantitative estimate of drug-likeness (QED) is 0.799.